The summed E-state index contributed by atoms with van der Waals surface area (Å²) in [5, 5.41) is 1.88. The largest absolute Gasteiger partial charge is 0.497 e. The van der Waals surface area contributed by atoms with Crippen molar-refractivity contribution in [1.82, 2.24) is 4.31 Å². The maximum absolute atomic E-state index is 12.9. The van der Waals surface area contributed by atoms with Crippen molar-refractivity contribution in [3.63, 3.8) is 0 Å². The van der Waals surface area contributed by atoms with Crippen molar-refractivity contribution >= 4 is 20.8 Å². The SMILES string of the molecule is COc1ccc2cc(S(=O)(=O)N(C)C3CCCCC3)ccc2c1. The summed E-state index contributed by atoms with van der Waals surface area (Å²) in [5.41, 5.74) is 0. The molecule has 1 saturated carbocycles. The highest BCUT2D eigenvalue weighted by atomic mass is 32.2. The summed E-state index contributed by atoms with van der Waals surface area (Å²) in [6.07, 6.45) is 5.35. The Bertz CT molecular complexity index is 795. The van der Waals surface area contributed by atoms with Gasteiger partial charge in [-0.15, -0.1) is 0 Å². The molecule has 2 aromatic rings. The van der Waals surface area contributed by atoms with Gasteiger partial charge in [0.05, 0.1) is 12.0 Å². The molecule has 23 heavy (non-hydrogen) atoms. The Morgan fingerprint density at radius 2 is 1.65 bits per heavy atom. The van der Waals surface area contributed by atoms with E-state index in [-0.39, 0.29) is 6.04 Å². The van der Waals surface area contributed by atoms with Crippen molar-refractivity contribution in [3.05, 3.63) is 36.4 Å². The lowest BCUT2D eigenvalue weighted by atomic mass is 9.96. The van der Waals surface area contributed by atoms with Gasteiger partial charge in [-0.3, -0.25) is 0 Å². The first-order chi connectivity index (χ1) is 11.0. The third-order valence-electron chi connectivity index (χ3n) is 4.78. The van der Waals surface area contributed by atoms with Crippen LogP contribution in [-0.2, 0) is 10.0 Å². The molecule has 0 radical (unpaired) electrons. The van der Waals surface area contributed by atoms with Gasteiger partial charge in [0.2, 0.25) is 10.0 Å². The molecule has 5 heteroatoms. The lowest BCUT2D eigenvalue weighted by Gasteiger charge is -2.30. The van der Waals surface area contributed by atoms with Crippen molar-refractivity contribution < 1.29 is 13.2 Å². The van der Waals surface area contributed by atoms with E-state index in [2.05, 4.69) is 0 Å². The fraction of sp³-hybridized carbons (Fsp3) is 0.444. The van der Waals surface area contributed by atoms with E-state index in [0.717, 1.165) is 42.2 Å². The molecule has 0 saturated heterocycles. The van der Waals surface area contributed by atoms with Crippen molar-refractivity contribution in [2.24, 2.45) is 0 Å². The van der Waals surface area contributed by atoms with Crippen LogP contribution in [0.4, 0.5) is 0 Å². The van der Waals surface area contributed by atoms with Gasteiger partial charge in [-0.1, -0.05) is 31.4 Å². The lowest BCUT2D eigenvalue weighted by molar-refractivity contribution is 0.286. The van der Waals surface area contributed by atoms with Crippen LogP contribution in [0.25, 0.3) is 10.8 Å². The molecule has 1 aliphatic carbocycles. The molecule has 124 valence electrons. The van der Waals surface area contributed by atoms with Crippen LogP contribution < -0.4 is 4.74 Å². The predicted molar refractivity (Wildman–Crippen MR) is 92.3 cm³/mol. The van der Waals surface area contributed by atoms with Gasteiger partial charge in [-0.25, -0.2) is 8.42 Å². The summed E-state index contributed by atoms with van der Waals surface area (Å²) >= 11 is 0. The van der Waals surface area contributed by atoms with Gasteiger partial charge in [0.1, 0.15) is 5.75 Å². The molecular formula is C18H23NO3S. The number of hydrogen-bond donors (Lipinski definition) is 0. The summed E-state index contributed by atoms with van der Waals surface area (Å²) in [7, 11) is -0.108. The van der Waals surface area contributed by atoms with Crippen molar-refractivity contribution in [1.29, 1.82) is 0 Å². The topological polar surface area (TPSA) is 46.6 Å². The number of rotatable bonds is 4. The maximum Gasteiger partial charge on any atom is 0.243 e. The van der Waals surface area contributed by atoms with Gasteiger partial charge in [-0.05, 0) is 47.9 Å². The van der Waals surface area contributed by atoms with Crippen LogP contribution in [0, 0.1) is 0 Å². The molecule has 3 rings (SSSR count). The maximum atomic E-state index is 12.9. The van der Waals surface area contributed by atoms with E-state index in [9.17, 15) is 8.42 Å². The first-order valence-electron chi connectivity index (χ1n) is 8.08. The van der Waals surface area contributed by atoms with Gasteiger partial charge < -0.3 is 4.74 Å². The second-order valence-electron chi connectivity index (χ2n) is 6.19. The van der Waals surface area contributed by atoms with Crippen molar-refractivity contribution in [3.8, 4) is 5.75 Å². The Kier molecular flexibility index (Phi) is 4.60. The van der Waals surface area contributed by atoms with Crippen LogP contribution in [0.5, 0.6) is 5.75 Å². The molecule has 0 aromatic heterocycles. The van der Waals surface area contributed by atoms with E-state index in [1.807, 2.05) is 24.3 Å². The first kappa shape index (κ1) is 16.3. The minimum absolute atomic E-state index is 0.125. The molecule has 2 aromatic carbocycles. The summed E-state index contributed by atoms with van der Waals surface area (Å²) in [5.74, 6) is 0.771. The quantitative estimate of drug-likeness (QED) is 0.855. The molecule has 0 atom stereocenters. The Labute approximate surface area is 138 Å². The smallest absolute Gasteiger partial charge is 0.243 e. The first-order valence-corrected chi connectivity index (χ1v) is 9.52. The zero-order valence-electron chi connectivity index (χ0n) is 13.7. The fourth-order valence-corrected chi connectivity index (χ4v) is 4.75. The summed E-state index contributed by atoms with van der Waals surface area (Å²) < 4.78 is 32.6. The van der Waals surface area contributed by atoms with E-state index in [0.29, 0.717) is 4.90 Å². The second-order valence-corrected chi connectivity index (χ2v) is 8.19. The van der Waals surface area contributed by atoms with Crippen molar-refractivity contribution in [2.75, 3.05) is 14.2 Å². The van der Waals surface area contributed by atoms with Gasteiger partial charge in [0.15, 0.2) is 0 Å². The monoisotopic (exact) mass is 333 g/mol. The third kappa shape index (κ3) is 3.21. The van der Waals surface area contributed by atoms with E-state index in [4.69, 9.17) is 4.74 Å². The zero-order chi connectivity index (χ0) is 16.4. The standard InChI is InChI=1S/C18H23NO3S/c1-19(16-6-4-3-5-7-16)23(20,21)18-11-9-14-12-17(22-2)10-8-15(14)13-18/h8-13,16H,3-7H2,1-2H3. The molecule has 1 aliphatic rings. The highest BCUT2D eigenvalue weighted by molar-refractivity contribution is 7.89. The van der Waals surface area contributed by atoms with Crippen LogP contribution in [0.2, 0.25) is 0 Å². The van der Waals surface area contributed by atoms with Crippen LogP contribution in [0.15, 0.2) is 41.3 Å². The van der Waals surface area contributed by atoms with Gasteiger partial charge in [0, 0.05) is 13.1 Å². The van der Waals surface area contributed by atoms with E-state index in [1.54, 1.807) is 30.6 Å². The minimum Gasteiger partial charge on any atom is -0.497 e. The summed E-state index contributed by atoms with van der Waals surface area (Å²) in [6.45, 7) is 0. The lowest BCUT2D eigenvalue weighted by Crippen LogP contribution is -2.38. The molecule has 0 spiro atoms. The minimum atomic E-state index is -3.44. The number of hydrogen-bond acceptors (Lipinski definition) is 3. The average Bonchev–Trinajstić information content (AvgIpc) is 2.60. The second kappa shape index (κ2) is 6.49. The fourth-order valence-electron chi connectivity index (χ4n) is 3.30. The molecular weight excluding hydrogens is 310 g/mol. The van der Waals surface area contributed by atoms with E-state index in [1.165, 1.54) is 6.42 Å². The third-order valence-corrected chi connectivity index (χ3v) is 6.69. The van der Waals surface area contributed by atoms with E-state index < -0.39 is 10.0 Å². The van der Waals surface area contributed by atoms with Gasteiger partial charge in [0.25, 0.3) is 0 Å². The number of nitrogens with zero attached hydrogens (tertiary/aromatic N) is 1. The Morgan fingerprint density at radius 1 is 1.00 bits per heavy atom. The molecule has 1 fully saturated rings. The van der Waals surface area contributed by atoms with Crippen molar-refractivity contribution in [2.45, 2.75) is 43.0 Å². The number of fused-ring (bicyclic) bond motifs is 1. The zero-order valence-corrected chi connectivity index (χ0v) is 14.5. The van der Waals surface area contributed by atoms with Gasteiger partial charge >= 0.3 is 0 Å². The molecule has 0 bridgehead atoms. The molecule has 0 unspecified atom stereocenters. The molecule has 0 aliphatic heterocycles. The average molecular weight is 333 g/mol. The number of sulfonamides is 1. The normalized spacial score (nSPS) is 16.8. The molecule has 0 N–H and O–H groups in total. The summed E-state index contributed by atoms with van der Waals surface area (Å²) in [4.78, 5) is 0.364. The molecule has 0 heterocycles. The highest BCUT2D eigenvalue weighted by Crippen LogP contribution is 2.29. The number of ether oxygens (including phenoxy) is 1. The number of methoxy groups -OCH3 is 1. The Morgan fingerprint density at radius 3 is 2.35 bits per heavy atom. The highest BCUT2D eigenvalue weighted by Gasteiger charge is 2.29. The van der Waals surface area contributed by atoms with Crippen LogP contribution in [0.1, 0.15) is 32.1 Å². The summed E-state index contributed by atoms with van der Waals surface area (Å²) in [6, 6.07) is 11.1. The molecule has 0 amide bonds. The predicted octanol–water partition coefficient (Wildman–Crippen LogP) is 3.80. The Hall–Kier alpha value is -1.59. The number of benzene rings is 2. The van der Waals surface area contributed by atoms with Gasteiger partial charge in [-0.2, -0.15) is 4.31 Å². The van der Waals surface area contributed by atoms with Crippen LogP contribution >= 0.6 is 0 Å². The van der Waals surface area contributed by atoms with Crippen LogP contribution in [0.3, 0.4) is 0 Å². The molecule has 4 nitrogen and oxygen atoms in total. The van der Waals surface area contributed by atoms with Crippen LogP contribution in [-0.4, -0.2) is 32.9 Å². The van der Waals surface area contributed by atoms with E-state index >= 15 is 0 Å². The Balaban J connectivity index is 1.94.